The molecule has 1 aliphatic rings. The van der Waals surface area contributed by atoms with Gasteiger partial charge in [-0.05, 0) is 31.9 Å². The molecule has 0 radical (unpaired) electrons. The first-order chi connectivity index (χ1) is 11.1. The average Bonchev–Trinajstić information content (AvgIpc) is 3.28. The van der Waals surface area contributed by atoms with Crippen LogP contribution >= 0.6 is 11.3 Å². The molecule has 1 saturated carbocycles. The second-order valence-electron chi connectivity index (χ2n) is 5.71. The minimum atomic E-state index is -0.265. The Morgan fingerprint density at radius 2 is 2.00 bits per heavy atom. The number of carbonyl (C=O) groups excluding carboxylic acids is 2. The summed E-state index contributed by atoms with van der Waals surface area (Å²) in [6.45, 7) is 1.80. The number of nitrogens with zero attached hydrogens (tertiary/aromatic N) is 2. The normalized spacial score (nSPS) is 15.0. The fraction of sp³-hybridized carbons (Fsp3) is 0.375. The molecule has 7 heteroatoms. The number of benzene rings is 1. The van der Waals surface area contributed by atoms with Crippen LogP contribution in [-0.2, 0) is 4.79 Å². The molecule has 0 aliphatic heterocycles. The van der Waals surface area contributed by atoms with Crippen molar-refractivity contribution in [3.05, 3.63) is 40.9 Å². The van der Waals surface area contributed by atoms with Crippen LogP contribution in [0, 0.1) is 0 Å². The minimum Gasteiger partial charge on any atom is -0.349 e. The lowest BCUT2D eigenvalue weighted by Gasteiger charge is -2.13. The smallest absolute Gasteiger partial charge is 0.251 e. The van der Waals surface area contributed by atoms with E-state index in [4.69, 9.17) is 0 Å². The first-order valence-electron chi connectivity index (χ1n) is 7.61. The number of amides is 2. The number of anilines is 1. The van der Waals surface area contributed by atoms with E-state index < -0.39 is 0 Å². The molecule has 2 aromatic rings. The van der Waals surface area contributed by atoms with E-state index >= 15 is 0 Å². The molecule has 120 valence electrons. The van der Waals surface area contributed by atoms with Crippen molar-refractivity contribution in [2.24, 2.45) is 0 Å². The predicted molar refractivity (Wildman–Crippen MR) is 88.5 cm³/mol. The van der Waals surface area contributed by atoms with Crippen molar-refractivity contribution in [1.29, 1.82) is 0 Å². The number of hydrogen-bond donors (Lipinski definition) is 2. The van der Waals surface area contributed by atoms with Crippen LogP contribution in [0.15, 0.2) is 30.3 Å². The summed E-state index contributed by atoms with van der Waals surface area (Å²) in [5.41, 5.74) is 0.581. The molecule has 6 nitrogen and oxygen atoms in total. The maximum Gasteiger partial charge on any atom is 0.251 e. The second-order valence-corrected chi connectivity index (χ2v) is 6.72. The molecule has 1 atom stereocenters. The zero-order chi connectivity index (χ0) is 16.2. The number of aromatic nitrogens is 2. The molecule has 3 rings (SSSR count). The van der Waals surface area contributed by atoms with Crippen molar-refractivity contribution in [2.75, 3.05) is 5.32 Å². The molecular formula is C16H18N4O2S. The summed E-state index contributed by atoms with van der Waals surface area (Å²) in [6.07, 6.45) is 2.51. The Balaban J connectivity index is 1.47. The number of rotatable bonds is 6. The SMILES string of the molecule is C[C@H](CC(=O)Nc1nnc(C2CC2)s1)NC(=O)c1ccccc1. The summed E-state index contributed by atoms with van der Waals surface area (Å²) in [5, 5.41) is 15.1. The fourth-order valence-electron chi connectivity index (χ4n) is 2.18. The van der Waals surface area contributed by atoms with Crippen molar-refractivity contribution in [3.63, 3.8) is 0 Å². The van der Waals surface area contributed by atoms with Crippen molar-refractivity contribution < 1.29 is 9.59 Å². The highest BCUT2D eigenvalue weighted by Gasteiger charge is 2.27. The van der Waals surface area contributed by atoms with Gasteiger partial charge in [0.1, 0.15) is 5.01 Å². The lowest BCUT2D eigenvalue weighted by molar-refractivity contribution is -0.116. The van der Waals surface area contributed by atoms with Gasteiger partial charge in [-0.25, -0.2) is 0 Å². The van der Waals surface area contributed by atoms with E-state index in [2.05, 4.69) is 20.8 Å². The monoisotopic (exact) mass is 330 g/mol. The number of carbonyl (C=O) groups is 2. The van der Waals surface area contributed by atoms with Crippen LogP contribution in [0.25, 0.3) is 0 Å². The van der Waals surface area contributed by atoms with Crippen molar-refractivity contribution in [3.8, 4) is 0 Å². The van der Waals surface area contributed by atoms with E-state index in [1.807, 2.05) is 6.07 Å². The molecule has 0 spiro atoms. The van der Waals surface area contributed by atoms with E-state index in [1.54, 1.807) is 31.2 Å². The van der Waals surface area contributed by atoms with Gasteiger partial charge in [0.25, 0.3) is 5.91 Å². The lowest BCUT2D eigenvalue weighted by Crippen LogP contribution is -2.35. The zero-order valence-corrected chi connectivity index (χ0v) is 13.6. The average molecular weight is 330 g/mol. The van der Waals surface area contributed by atoms with Gasteiger partial charge in [0.2, 0.25) is 11.0 Å². The highest BCUT2D eigenvalue weighted by atomic mass is 32.1. The summed E-state index contributed by atoms with van der Waals surface area (Å²) in [4.78, 5) is 24.0. The molecule has 23 heavy (non-hydrogen) atoms. The van der Waals surface area contributed by atoms with Gasteiger partial charge in [0.05, 0.1) is 0 Å². The Labute approximate surface area is 138 Å². The Hall–Kier alpha value is -2.28. The van der Waals surface area contributed by atoms with Gasteiger partial charge in [-0.3, -0.25) is 9.59 Å². The molecule has 1 aromatic heterocycles. The summed E-state index contributed by atoms with van der Waals surface area (Å²) in [5.74, 6) is 0.171. The third-order valence-electron chi connectivity index (χ3n) is 3.52. The molecule has 1 heterocycles. The fourth-order valence-corrected chi connectivity index (χ4v) is 3.11. The van der Waals surface area contributed by atoms with Crippen LogP contribution in [0.1, 0.15) is 47.5 Å². The quantitative estimate of drug-likeness (QED) is 0.852. The van der Waals surface area contributed by atoms with Crippen LogP contribution in [0.2, 0.25) is 0 Å². The molecule has 0 bridgehead atoms. The van der Waals surface area contributed by atoms with Crippen LogP contribution in [0.5, 0.6) is 0 Å². The van der Waals surface area contributed by atoms with E-state index in [9.17, 15) is 9.59 Å². The largest absolute Gasteiger partial charge is 0.349 e. The van der Waals surface area contributed by atoms with Gasteiger partial charge >= 0.3 is 0 Å². The van der Waals surface area contributed by atoms with E-state index in [1.165, 1.54) is 11.3 Å². The van der Waals surface area contributed by atoms with Crippen LogP contribution in [0.4, 0.5) is 5.13 Å². The molecule has 0 unspecified atom stereocenters. The third-order valence-corrected chi connectivity index (χ3v) is 4.52. The summed E-state index contributed by atoms with van der Waals surface area (Å²) in [7, 11) is 0. The van der Waals surface area contributed by atoms with E-state index in [-0.39, 0.29) is 24.3 Å². The van der Waals surface area contributed by atoms with Crippen LogP contribution in [0.3, 0.4) is 0 Å². The number of hydrogen-bond acceptors (Lipinski definition) is 5. The van der Waals surface area contributed by atoms with Crippen molar-refractivity contribution >= 4 is 28.3 Å². The van der Waals surface area contributed by atoms with Crippen LogP contribution in [-0.4, -0.2) is 28.1 Å². The molecule has 2 amide bonds. The predicted octanol–water partition coefficient (Wildman–Crippen LogP) is 2.56. The van der Waals surface area contributed by atoms with E-state index in [0.29, 0.717) is 16.6 Å². The molecule has 1 aliphatic carbocycles. The van der Waals surface area contributed by atoms with Gasteiger partial charge in [-0.15, -0.1) is 10.2 Å². The molecule has 1 fully saturated rings. The Bertz CT molecular complexity index is 697. The third kappa shape index (κ3) is 4.35. The second kappa shape index (κ2) is 6.87. The molecule has 1 aromatic carbocycles. The zero-order valence-electron chi connectivity index (χ0n) is 12.8. The van der Waals surface area contributed by atoms with Gasteiger partial charge in [-0.1, -0.05) is 29.5 Å². The Morgan fingerprint density at radius 1 is 1.26 bits per heavy atom. The van der Waals surface area contributed by atoms with Gasteiger partial charge in [0.15, 0.2) is 0 Å². The maximum atomic E-state index is 12.0. The highest BCUT2D eigenvalue weighted by molar-refractivity contribution is 7.15. The first kappa shape index (κ1) is 15.6. The minimum absolute atomic E-state index is 0.177. The maximum absolute atomic E-state index is 12.0. The summed E-state index contributed by atoms with van der Waals surface area (Å²) < 4.78 is 0. The lowest BCUT2D eigenvalue weighted by atomic mass is 10.1. The van der Waals surface area contributed by atoms with Crippen LogP contribution < -0.4 is 10.6 Å². The van der Waals surface area contributed by atoms with Gasteiger partial charge in [0, 0.05) is 23.9 Å². The molecular weight excluding hydrogens is 312 g/mol. The topological polar surface area (TPSA) is 84.0 Å². The van der Waals surface area contributed by atoms with Crippen molar-refractivity contribution in [2.45, 2.75) is 38.1 Å². The van der Waals surface area contributed by atoms with Crippen molar-refractivity contribution in [1.82, 2.24) is 15.5 Å². The standard InChI is InChI=1S/C16H18N4O2S/c1-10(17-14(22)11-5-3-2-4-6-11)9-13(21)18-16-20-19-15(23-16)12-7-8-12/h2-6,10,12H,7-9H2,1H3,(H,17,22)(H,18,20,21)/t10-/m1/s1. The highest BCUT2D eigenvalue weighted by Crippen LogP contribution is 2.42. The molecule has 0 saturated heterocycles. The van der Waals surface area contributed by atoms with Gasteiger partial charge in [-0.2, -0.15) is 0 Å². The summed E-state index contributed by atoms with van der Waals surface area (Å²) >= 11 is 1.43. The summed E-state index contributed by atoms with van der Waals surface area (Å²) in [6, 6.07) is 8.67. The van der Waals surface area contributed by atoms with Gasteiger partial charge < -0.3 is 10.6 Å². The molecule has 2 N–H and O–H groups in total. The Kier molecular flexibility index (Phi) is 4.66. The van der Waals surface area contributed by atoms with E-state index in [0.717, 1.165) is 17.8 Å². The first-order valence-corrected chi connectivity index (χ1v) is 8.42. The number of nitrogens with one attached hydrogen (secondary N) is 2. The Morgan fingerprint density at radius 3 is 2.70 bits per heavy atom.